The van der Waals surface area contributed by atoms with Crippen LogP contribution in [0.15, 0.2) is 0 Å². The maximum absolute atomic E-state index is 10.9. The zero-order valence-electron chi connectivity index (χ0n) is 24.9. The van der Waals surface area contributed by atoms with E-state index in [0.29, 0.717) is 6.42 Å². The Morgan fingerprint density at radius 2 is 0.568 bits per heavy atom. The van der Waals surface area contributed by atoms with E-state index >= 15 is 0 Å². The maximum Gasteiger partial charge on any atom is 0.243 e. The fraction of sp³-hybridized carbons (Fsp3) is 0.970. The highest BCUT2D eigenvalue weighted by Gasteiger charge is 1.99. The second-order valence-electron chi connectivity index (χ2n) is 11.6. The summed E-state index contributed by atoms with van der Waals surface area (Å²) in [5.74, 6) is 0.582. The van der Waals surface area contributed by atoms with Gasteiger partial charge in [0.2, 0.25) is 5.91 Å². The summed E-state index contributed by atoms with van der Waals surface area (Å²) < 4.78 is 0. The fourth-order valence-electron chi connectivity index (χ4n) is 5.39. The van der Waals surface area contributed by atoms with Gasteiger partial charge in [-0.05, 0) is 12.8 Å². The van der Waals surface area contributed by atoms with Gasteiger partial charge in [-0.3, -0.25) is 10.0 Å². The van der Waals surface area contributed by atoms with Crippen molar-refractivity contribution in [3.05, 3.63) is 0 Å². The highest BCUT2D eigenvalue weighted by molar-refractivity contribution is 6.17. The van der Waals surface area contributed by atoms with Gasteiger partial charge in [0.05, 0.1) is 0 Å². The number of hydrogen-bond acceptors (Lipinski definition) is 2. The summed E-state index contributed by atoms with van der Waals surface area (Å²) in [4.78, 5) is 10.9. The minimum absolute atomic E-state index is 0.256. The number of carbonyl (C=O) groups excluding carboxylic acids is 1. The van der Waals surface area contributed by atoms with E-state index in [-0.39, 0.29) is 5.91 Å². The van der Waals surface area contributed by atoms with E-state index in [0.717, 1.165) is 18.7 Å². The third-order valence-electron chi connectivity index (χ3n) is 7.91. The molecule has 0 aromatic rings. The van der Waals surface area contributed by atoms with Crippen molar-refractivity contribution < 1.29 is 10.0 Å². The van der Waals surface area contributed by atoms with Gasteiger partial charge in [-0.25, -0.2) is 5.48 Å². The first-order valence-electron chi connectivity index (χ1n) is 16.8. The van der Waals surface area contributed by atoms with Crippen LogP contribution in [0.3, 0.4) is 0 Å². The van der Waals surface area contributed by atoms with E-state index in [9.17, 15) is 4.79 Å². The molecule has 222 valence electrons. The molecule has 2 N–H and O–H groups in total. The van der Waals surface area contributed by atoms with Crippen molar-refractivity contribution in [3.63, 3.8) is 0 Å². The monoisotopic (exact) mass is 543 g/mol. The molecule has 0 rings (SSSR count). The Labute approximate surface area is 237 Å². The number of unbranched alkanes of at least 4 members (excludes halogenated alkanes) is 29. The van der Waals surface area contributed by atoms with Gasteiger partial charge < -0.3 is 0 Å². The van der Waals surface area contributed by atoms with Gasteiger partial charge in [-0.15, -0.1) is 11.6 Å². The van der Waals surface area contributed by atoms with Gasteiger partial charge in [0.1, 0.15) is 0 Å². The lowest BCUT2D eigenvalue weighted by atomic mass is 10.0. The molecule has 0 aliphatic carbocycles. The number of carbonyl (C=O) groups is 1. The summed E-state index contributed by atoms with van der Waals surface area (Å²) in [7, 11) is 0. The van der Waals surface area contributed by atoms with E-state index in [2.05, 4.69) is 0 Å². The Bertz CT molecular complexity index is 433. The lowest BCUT2D eigenvalue weighted by Gasteiger charge is -2.04. The maximum atomic E-state index is 10.9. The second-order valence-corrected chi connectivity index (χ2v) is 12.0. The molecule has 0 fully saturated rings. The highest BCUT2D eigenvalue weighted by atomic mass is 35.5. The molecular weight excluding hydrogens is 478 g/mol. The summed E-state index contributed by atoms with van der Waals surface area (Å²) >= 11 is 5.72. The largest absolute Gasteiger partial charge is 0.289 e. The van der Waals surface area contributed by atoms with Crippen molar-refractivity contribution >= 4 is 17.5 Å². The zero-order chi connectivity index (χ0) is 26.9. The molecular formula is C33H66ClNO2. The normalized spacial score (nSPS) is 11.3. The van der Waals surface area contributed by atoms with E-state index < -0.39 is 0 Å². The molecule has 0 saturated heterocycles. The van der Waals surface area contributed by atoms with Crippen LogP contribution >= 0.6 is 11.6 Å². The molecule has 1 amide bonds. The first kappa shape index (κ1) is 36.7. The van der Waals surface area contributed by atoms with Crippen molar-refractivity contribution in [2.45, 2.75) is 199 Å². The van der Waals surface area contributed by atoms with Crippen molar-refractivity contribution in [1.29, 1.82) is 0 Å². The van der Waals surface area contributed by atoms with Crippen LogP contribution < -0.4 is 5.48 Å². The molecule has 4 heteroatoms. The topological polar surface area (TPSA) is 49.3 Å². The molecule has 0 radical (unpaired) electrons. The predicted octanol–water partition coefficient (Wildman–Crippen LogP) is 11.8. The van der Waals surface area contributed by atoms with E-state index in [1.165, 1.54) is 180 Å². The number of amides is 1. The van der Waals surface area contributed by atoms with Crippen LogP contribution in [0.4, 0.5) is 0 Å². The molecule has 0 unspecified atom stereocenters. The van der Waals surface area contributed by atoms with Crippen LogP contribution in [0, 0.1) is 0 Å². The SMILES string of the molecule is O=C(CCCCCCCCCCCCCCCCCCCCCCCCCCCCCCCCCl)NO. The van der Waals surface area contributed by atoms with Crippen LogP contribution in [-0.2, 0) is 4.79 Å². The smallest absolute Gasteiger partial charge is 0.243 e. The Kier molecular flexibility index (Phi) is 33.5. The Balaban J connectivity index is 3.03. The Hall–Kier alpha value is -0.280. The first-order chi connectivity index (χ1) is 18.3. The van der Waals surface area contributed by atoms with Crippen LogP contribution in [0.25, 0.3) is 0 Å². The fourth-order valence-corrected chi connectivity index (χ4v) is 5.57. The number of alkyl halides is 1. The van der Waals surface area contributed by atoms with Crippen LogP contribution in [0.5, 0.6) is 0 Å². The van der Waals surface area contributed by atoms with Crippen molar-refractivity contribution in [2.24, 2.45) is 0 Å². The van der Waals surface area contributed by atoms with Gasteiger partial charge in [0.25, 0.3) is 0 Å². The lowest BCUT2D eigenvalue weighted by Crippen LogP contribution is -2.17. The number of hydrogen-bond donors (Lipinski definition) is 2. The van der Waals surface area contributed by atoms with Crippen LogP contribution in [-0.4, -0.2) is 17.0 Å². The minimum Gasteiger partial charge on any atom is -0.289 e. The molecule has 0 aromatic heterocycles. The molecule has 37 heavy (non-hydrogen) atoms. The molecule has 0 aliphatic heterocycles. The van der Waals surface area contributed by atoms with Gasteiger partial charge in [0, 0.05) is 12.3 Å². The lowest BCUT2D eigenvalue weighted by molar-refractivity contribution is -0.129. The summed E-state index contributed by atoms with van der Waals surface area (Å²) in [5, 5.41) is 8.45. The molecule has 0 atom stereocenters. The average Bonchev–Trinajstić information content (AvgIpc) is 2.91. The summed E-state index contributed by atoms with van der Waals surface area (Å²) in [5.41, 5.74) is 1.70. The average molecular weight is 544 g/mol. The molecule has 0 bridgehead atoms. The molecule has 0 saturated carbocycles. The van der Waals surface area contributed by atoms with Crippen LogP contribution in [0.1, 0.15) is 199 Å². The Morgan fingerprint density at radius 3 is 0.757 bits per heavy atom. The van der Waals surface area contributed by atoms with Crippen molar-refractivity contribution in [1.82, 2.24) is 5.48 Å². The molecule has 0 aromatic carbocycles. The van der Waals surface area contributed by atoms with Gasteiger partial charge >= 0.3 is 0 Å². The zero-order valence-corrected chi connectivity index (χ0v) is 25.6. The summed E-state index contributed by atoms with van der Waals surface area (Å²) in [6, 6.07) is 0. The Morgan fingerprint density at radius 1 is 0.378 bits per heavy atom. The predicted molar refractivity (Wildman–Crippen MR) is 164 cm³/mol. The number of nitrogens with one attached hydrogen (secondary N) is 1. The van der Waals surface area contributed by atoms with E-state index in [1.54, 1.807) is 5.48 Å². The van der Waals surface area contributed by atoms with Gasteiger partial charge in [-0.2, -0.15) is 0 Å². The third-order valence-corrected chi connectivity index (χ3v) is 8.18. The molecule has 0 heterocycles. The van der Waals surface area contributed by atoms with E-state index in [1.807, 2.05) is 0 Å². The van der Waals surface area contributed by atoms with Gasteiger partial charge in [0.15, 0.2) is 0 Å². The quantitative estimate of drug-likeness (QED) is 0.0383. The van der Waals surface area contributed by atoms with E-state index in [4.69, 9.17) is 16.8 Å². The molecule has 0 aliphatic rings. The van der Waals surface area contributed by atoms with Gasteiger partial charge in [-0.1, -0.05) is 180 Å². The standard InChI is InChI=1S/C33H66ClNO2/c34-32-30-28-26-24-22-20-18-16-14-12-10-8-6-4-2-1-3-5-7-9-11-13-15-17-19-21-23-25-27-29-31-33(36)35-37/h37H,1-32H2,(H,35,36). The molecule has 3 nitrogen and oxygen atoms in total. The second kappa shape index (κ2) is 33.7. The number of halogens is 1. The highest BCUT2D eigenvalue weighted by Crippen LogP contribution is 2.16. The van der Waals surface area contributed by atoms with Crippen molar-refractivity contribution in [2.75, 3.05) is 5.88 Å². The number of hydroxylamine groups is 1. The minimum atomic E-state index is -0.256. The first-order valence-corrected chi connectivity index (χ1v) is 17.3. The number of rotatable bonds is 32. The molecule has 0 spiro atoms. The van der Waals surface area contributed by atoms with Crippen LogP contribution in [0.2, 0.25) is 0 Å². The van der Waals surface area contributed by atoms with Crippen molar-refractivity contribution in [3.8, 4) is 0 Å². The summed E-state index contributed by atoms with van der Waals surface area (Å²) in [6.07, 6.45) is 41.9. The summed E-state index contributed by atoms with van der Waals surface area (Å²) in [6.45, 7) is 0. The third kappa shape index (κ3) is 33.7.